The number of aliphatic hydroxyl groups is 1. The molecule has 3 aromatic rings. The van der Waals surface area contributed by atoms with Gasteiger partial charge in [0, 0.05) is 56.7 Å². The number of aromatic amines is 3. The molecule has 2 aliphatic heterocycles. The highest BCUT2D eigenvalue weighted by atomic mass is 16.5. The first-order chi connectivity index (χ1) is 21.0. The van der Waals surface area contributed by atoms with Gasteiger partial charge in [-0.3, -0.25) is 9.59 Å². The summed E-state index contributed by atoms with van der Waals surface area (Å²) in [5, 5.41) is 30.2. The van der Waals surface area contributed by atoms with Gasteiger partial charge >= 0.3 is 11.9 Å². The number of aliphatic hydroxyl groups excluding tert-OH is 1. The fourth-order valence-corrected chi connectivity index (χ4v) is 7.66. The molecular weight excluding hydrogens is 556 g/mol. The lowest BCUT2D eigenvalue weighted by atomic mass is 9.79. The van der Waals surface area contributed by atoms with Crippen LogP contribution in [0.1, 0.15) is 60.3 Å². The van der Waals surface area contributed by atoms with E-state index in [-0.39, 0.29) is 30.1 Å². The fraction of sp³-hybridized carbons (Fsp3) is 0.371. The molecule has 6 rings (SSSR count). The van der Waals surface area contributed by atoms with Gasteiger partial charge in [-0.2, -0.15) is 0 Å². The Balaban J connectivity index is 1.74. The van der Waals surface area contributed by atoms with Crippen LogP contribution in [0.5, 0.6) is 0 Å². The average Bonchev–Trinajstić information content (AvgIpc) is 3.72. The first-order valence-electron chi connectivity index (χ1n) is 15.1. The molecule has 3 aliphatic rings. The van der Waals surface area contributed by atoms with Gasteiger partial charge in [0.25, 0.3) is 0 Å². The Morgan fingerprint density at radius 1 is 1.02 bits per heavy atom. The van der Waals surface area contributed by atoms with Crippen LogP contribution in [0.2, 0.25) is 0 Å². The molecule has 0 amide bonds. The van der Waals surface area contributed by atoms with Crippen molar-refractivity contribution < 1.29 is 24.5 Å². The number of H-pyrrole nitrogens is 3. The van der Waals surface area contributed by atoms with Gasteiger partial charge in [0.1, 0.15) is 11.7 Å². The third-order valence-electron chi connectivity index (χ3n) is 10.1. The second-order valence-corrected chi connectivity index (χ2v) is 12.3. The zero-order valence-corrected chi connectivity index (χ0v) is 26.0. The Kier molecular flexibility index (Phi) is 7.32. The molecule has 9 heteroatoms. The molecule has 9 nitrogen and oxygen atoms in total. The minimum Gasteiger partial charge on any atom is -0.510 e. The van der Waals surface area contributed by atoms with Crippen LogP contribution in [0.3, 0.4) is 0 Å². The fourth-order valence-electron chi connectivity index (χ4n) is 7.66. The van der Waals surface area contributed by atoms with Crippen LogP contribution in [0.4, 0.5) is 0 Å². The molecule has 1 fully saturated rings. The second kappa shape index (κ2) is 10.9. The second-order valence-electron chi connectivity index (χ2n) is 12.3. The van der Waals surface area contributed by atoms with E-state index >= 15 is 0 Å². The van der Waals surface area contributed by atoms with E-state index in [4.69, 9.17) is 4.74 Å². The van der Waals surface area contributed by atoms with Crippen molar-refractivity contribution in [2.24, 2.45) is 17.8 Å². The summed E-state index contributed by atoms with van der Waals surface area (Å²) >= 11 is 0. The van der Waals surface area contributed by atoms with Gasteiger partial charge in [-0.1, -0.05) is 25.7 Å². The van der Waals surface area contributed by atoms with Gasteiger partial charge in [0.05, 0.1) is 12.5 Å². The predicted octanol–water partition coefficient (Wildman–Crippen LogP) is 0.568. The first-order valence-corrected chi connectivity index (χ1v) is 15.1. The largest absolute Gasteiger partial charge is 0.510 e. The number of nitrogens with one attached hydrogen (secondary N) is 4. The standard InChI is InChI=1S/C35H40N4O5/c1-8-19-15(3)22-12-24-17(5)21(10-11-28(40)41)32(38-24)30-31(35(43)44-7)34(42)29-18(6)25(39-33(29)30)14-27-20(9-2)16(4)23(37-27)13-26(19)36-22/h8-9,12-14,17,21,24,31-32,36-39,42H,1,10-11H2,2-7H3,(H,40,41)/b20-9+,22-12-,26-13-,27-14-/t17-,21-,24?,31+,32?/m0/s1. The normalized spacial score (nSPS) is 26.5. The zero-order chi connectivity index (χ0) is 31.6. The molecule has 44 heavy (non-hydrogen) atoms. The van der Waals surface area contributed by atoms with Gasteiger partial charge in [0.2, 0.25) is 0 Å². The van der Waals surface area contributed by atoms with Crippen LogP contribution >= 0.6 is 0 Å². The van der Waals surface area contributed by atoms with Crippen molar-refractivity contribution in [1.29, 1.82) is 0 Å². The van der Waals surface area contributed by atoms with Gasteiger partial charge in [-0.25, -0.2) is 0 Å². The average molecular weight is 597 g/mol. The summed E-state index contributed by atoms with van der Waals surface area (Å²) in [7, 11) is 1.32. The van der Waals surface area contributed by atoms with E-state index in [1.54, 1.807) is 0 Å². The zero-order valence-electron chi connectivity index (χ0n) is 26.0. The monoisotopic (exact) mass is 596 g/mol. The van der Waals surface area contributed by atoms with E-state index in [2.05, 4.69) is 65.8 Å². The molecule has 6 N–H and O–H groups in total. The molecule has 0 spiro atoms. The summed E-state index contributed by atoms with van der Waals surface area (Å²) < 4.78 is 5.21. The smallest absolute Gasteiger partial charge is 0.320 e. The Morgan fingerprint density at radius 3 is 2.39 bits per heavy atom. The van der Waals surface area contributed by atoms with Crippen molar-refractivity contribution in [2.45, 2.75) is 59.5 Å². The highest BCUT2D eigenvalue weighted by molar-refractivity contribution is 5.95. The summed E-state index contributed by atoms with van der Waals surface area (Å²) in [5.41, 5.74) is 6.47. The molecule has 1 aliphatic carbocycles. The summed E-state index contributed by atoms with van der Waals surface area (Å²) in [6.45, 7) is 14.3. The van der Waals surface area contributed by atoms with Crippen LogP contribution in [-0.4, -0.2) is 56.3 Å². The maximum Gasteiger partial charge on any atom is 0.320 e. The molecule has 0 saturated carbocycles. The number of aromatic nitrogens is 3. The van der Waals surface area contributed by atoms with E-state index in [0.717, 1.165) is 54.9 Å². The lowest BCUT2D eigenvalue weighted by molar-refractivity contribution is -0.142. The van der Waals surface area contributed by atoms with Crippen molar-refractivity contribution in [3.05, 3.63) is 72.1 Å². The molecule has 1 saturated heterocycles. The molecule has 0 radical (unpaired) electrons. The third kappa shape index (κ3) is 4.40. The third-order valence-corrected chi connectivity index (χ3v) is 10.1. The van der Waals surface area contributed by atoms with Crippen LogP contribution in [0, 0.1) is 38.5 Å². The van der Waals surface area contributed by atoms with Crippen molar-refractivity contribution in [3.63, 3.8) is 0 Å². The number of methoxy groups -OCH3 is 1. The van der Waals surface area contributed by atoms with Crippen molar-refractivity contribution in [1.82, 2.24) is 20.3 Å². The number of hydrogen-bond acceptors (Lipinski definition) is 5. The number of aliphatic carboxylic acids is 1. The number of rotatable bonds is 5. The highest BCUT2D eigenvalue weighted by Gasteiger charge is 2.47. The number of fused-ring (bicyclic) bond motifs is 8. The summed E-state index contributed by atoms with van der Waals surface area (Å²) in [4.78, 5) is 35.8. The highest BCUT2D eigenvalue weighted by Crippen LogP contribution is 2.40. The van der Waals surface area contributed by atoms with Crippen LogP contribution < -0.4 is 37.2 Å². The number of esters is 1. The van der Waals surface area contributed by atoms with E-state index in [1.165, 1.54) is 7.11 Å². The number of ether oxygens (including phenoxy) is 1. The maximum absolute atomic E-state index is 13.3. The number of carbonyl (C=O) groups excluding carboxylic acids is 1. The molecule has 230 valence electrons. The minimum absolute atomic E-state index is 0.00670. The van der Waals surface area contributed by atoms with Gasteiger partial charge in [-0.15, -0.1) is 0 Å². The Bertz CT molecular complexity index is 2110. The summed E-state index contributed by atoms with van der Waals surface area (Å²) in [6.07, 6.45) is 10.7. The lowest BCUT2D eigenvalue weighted by Gasteiger charge is -2.26. The number of carbonyl (C=O) groups is 2. The first kappa shape index (κ1) is 29.6. The van der Waals surface area contributed by atoms with Crippen LogP contribution in [0.25, 0.3) is 41.7 Å². The maximum atomic E-state index is 13.3. The van der Waals surface area contributed by atoms with Crippen LogP contribution in [0.15, 0.2) is 6.58 Å². The molecular formula is C35H40N4O5. The summed E-state index contributed by atoms with van der Waals surface area (Å²) in [6, 6.07) is -0.537. The molecule has 2 unspecified atom stereocenters. The predicted molar refractivity (Wildman–Crippen MR) is 171 cm³/mol. The van der Waals surface area contributed by atoms with E-state index in [1.807, 2.05) is 26.0 Å². The van der Waals surface area contributed by atoms with Gasteiger partial charge in [0.15, 0.2) is 0 Å². The lowest BCUT2D eigenvalue weighted by Crippen LogP contribution is -2.39. The number of hydrogen-bond donors (Lipinski definition) is 6. The van der Waals surface area contributed by atoms with E-state index in [0.29, 0.717) is 22.6 Å². The van der Waals surface area contributed by atoms with Crippen molar-refractivity contribution in [2.75, 3.05) is 7.11 Å². The molecule has 8 bridgehead atoms. The van der Waals surface area contributed by atoms with E-state index < -0.39 is 23.9 Å². The molecule has 0 aromatic carbocycles. The SMILES string of the molecule is C=Cc1c(C)/c2[nH]/c1=C\c1[nH]c(/c(=C/C)c1C)=C\c1[nH]c3c(c1C)=C(O)[C@H](C(=O)OC)C=3C1NC(\C=2)[C@@H](C)[C@@H]1CCC(=O)O. The Labute approximate surface area is 254 Å². The van der Waals surface area contributed by atoms with Crippen LogP contribution in [-0.2, 0) is 14.3 Å². The topological polar surface area (TPSA) is 143 Å². The minimum atomic E-state index is -0.997. The van der Waals surface area contributed by atoms with Crippen molar-refractivity contribution in [3.8, 4) is 0 Å². The number of carboxylic acids is 1. The van der Waals surface area contributed by atoms with Gasteiger partial charge < -0.3 is 35.2 Å². The quantitative estimate of drug-likeness (QED) is 0.238. The number of carboxylic acid groups (broad SMARTS) is 1. The molecule has 5 atom stereocenters. The Hall–Kier alpha value is -4.50. The van der Waals surface area contributed by atoms with Gasteiger partial charge in [-0.05, 0) is 91.7 Å². The molecule has 3 aromatic heterocycles. The molecule has 5 heterocycles. The Morgan fingerprint density at radius 2 is 1.73 bits per heavy atom. The van der Waals surface area contributed by atoms with Crippen molar-refractivity contribution >= 4 is 53.7 Å². The van der Waals surface area contributed by atoms with E-state index in [9.17, 15) is 19.8 Å². The summed E-state index contributed by atoms with van der Waals surface area (Å²) in [5.74, 6) is -2.58.